The van der Waals surface area contributed by atoms with Crippen LogP contribution in [0.3, 0.4) is 0 Å². The van der Waals surface area contributed by atoms with Gasteiger partial charge in [-0.1, -0.05) is 0 Å². The van der Waals surface area contributed by atoms with Gasteiger partial charge in [-0.2, -0.15) is 0 Å². The molecule has 26 heavy (non-hydrogen) atoms. The van der Waals surface area contributed by atoms with Crippen molar-refractivity contribution in [1.82, 2.24) is 19.9 Å². The summed E-state index contributed by atoms with van der Waals surface area (Å²) in [6.07, 6.45) is 4.02. The molecular weight excluding hydrogens is 550 g/mol. The van der Waals surface area contributed by atoms with Crippen molar-refractivity contribution in [2.75, 3.05) is 0 Å². The van der Waals surface area contributed by atoms with E-state index in [0.29, 0.717) is 11.7 Å². The molecule has 0 atom stereocenters. The number of hydrogen-bond acceptors (Lipinski definition) is 2. The summed E-state index contributed by atoms with van der Waals surface area (Å²) in [7, 11) is 0. The van der Waals surface area contributed by atoms with Crippen molar-refractivity contribution < 1.29 is 1.37 Å². The highest BCUT2D eigenvalue weighted by atomic mass is 127. The van der Waals surface area contributed by atoms with Gasteiger partial charge in [0.25, 0.3) is 0 Å². The average molecular weight is 563 g/mol. The second kappa shape index (κ2) is 6.34. The van der Waals surface area contributed by atoms with Crippen molar-refractivity contribution >= 4 is 89.0 Å². The minimum Gasteiger partial charge on any atom is -0.355 e. The second-order valence-electron chi connectivity index (χ2n) is 6.05. The monoisotopic (exact) mass is 563 g/mol. The van der Waals surface area contributed by atoms with Crippen LogP contribution < -0.4 is 0 Å². The molecule has 8 bridgehead atoms. The van der Waals surface area contributed by atoms with E-state index in [1.54, 1.807) is 0 Å². The van der Waals surface area contributed by atoms with Crippen molar-refractivity contribution in [3.63, 3.8) is 0 Å². The molecule has 3 aromatic heterocycles. The molecule has 3 aromatic rings. The predicted molar refractivity (Wildman–Crippen MR) is 125 cm³/mol. The van der Waals surface area contributed by atoms with E-state index in [4.69, 9.17) is 1.37 Å². The lowest BCUT2D eigenvalue weighted by Crippen LogP contribution is -1.76. The first-order valence-corrected chi connectivity index (χ1v) is 10.1. The van der Waals surface area contributed by atoms with Crippen LogP contribution in [0.15, 0.2) is 42.5 Å². The van der Waals surface area contributed by atoms with Crippen molar-refractivity contribution in [2.45, 2.75) is 0 Å². The third-order valence-electron chi connectivity index (χ3n) is 4.12. The Hall–Kier alpha value is -1.94. The molecule has 0 saturated carbocycles. The zero-order chi connectivity index (χ0) is 18.5. The summed E-state index contributed by atoms with van der Waals surface area (Å²) in [5, 5.41) is 0. The number of aromatic amines is 2. The quantitative estimate of drug-likeness (QED) is 0.257. The zero-order valence-corrected chi connectivity index (χ0v) is 17.7. The number of aromatic nitrogens is 4. The van der Waals surface area contributed by atoms with Gasteiger partial charge in [0.05, 0.1) is 29.7 Å². The molecule has 0 aromatic carbocycles. The third kappa shape index (κ3) is 3.11. The Balaban J connectivity index is 1.90. The maximum atomic E-state index is 8.39. The smallest absolute Gasteiger partial charge is 0.0791 e. The van der Waals surface area contributed by atoms with Crippen molar-refractivity contribution in [3.05, 3.63) is 68.8 Å². The molecule has 6 heteroatoms. The van der Waals surface area contributed by atoms with E-state index >= 15 is 0 Å². The maximum absolute atomic E-state index is 8.39. The highest BCUT2D eigenvalue weighted by molar-refractivity contribution is 14.1. The summed E-state index contributed by atoms with van der Waals surface area (Å²) in [6.45, 7) is 0. The fraction of sp³-hybridized carbons (Fsp3) is 0. The predicted octanol–water partition coefficient (Wildman–Crippen LogP) is 6.02. The van der Waals surface area contributed by atoms with E-state index in [9.17, 15) is 0 Å². The summed E-state index contributed by atoms with van der Waals surface area (Å²) in [5.74, 6) is 0. The van der Waals surface area contributed by atoms with Gasteiger partial charge in [0.1, 0.15) is 0 Å². The van der Waals surface area contributed by atoms with Gasteiger partial charge in [0, 0.05) is 23.7 Å². The van der Waals surface area contributed by atoms with Crippen LogP contribution in [0.2, 0.25) is 0 Å². The van der Waals surface area contributed by atoms with E-state index in [-0.39, 0.29) is 0 Å². The largest absolute Gasteiger partial charge is 0.355 e. The number of halogens is 2. The Bertz CT molecular complexity index is 1310. The summed E-state index contributed by atoms with van der Waals surface area (Å²) in [6, 6.07) is 14.5. The van der Waals surface area contributed by atoms with Crippen LogP contribution in [-0.2, 0) is 0 Å². The lowest BCUT2D eigenvalue weighted by Gasteiger charge is -1.87. The molecule has 2 aliphatic heterocycles. The fourth-order valence-electron chi connectivity index (χ4n) is 2.95. The molecule has 0 unspecified atom stereocenters. The summed E-state index contributed by atoms with van der Waals surface area (Å²) >= 11 is 4.51. The molecule has 5 rings (SSSR count). The van der Waals surface area contributed by atoms with E-state index in [1.807, 2.05) is 48.6 Å². The second-order valence-corrected chi connectivity index (χ2v) is 8.29. The fourth-order valence-corrected chi connectivity index (χ4v) is 4.13. The van der Waals surface area contributed by atoms with Crippen molar-refractivity contribution in [2.24, 2.45) is 0 Å². The van der Waals surface area contributed by atoms with E-state index in [2.05, 4.69) is 71.2 Å². The third-order valence-corrected chi connectivity index (χ3v) is 5.83. The van der Waals surface area contributed by atoms with E-state index < -0.39 is 0 Å². The Morgan fingerprint density at radius 3 is 2.31 bits per heavy atom. The first kappa shape index (κ1) is 15.2. The van der Waals surface area contributed by atoms with Gasteiger partial charge in [-0.15, -0.1) is 0 Å². The van der Waals surface area contributed by atoms with Crippen LogP contribution in [0.5, 0.6) is 0 Å². The summed E-state index contributed by atoms with van der Waals surface area (Å²) in [4.78, 5) is 16.1. The van der Waals surface area contributed by atoms with Gasteiger partial charge in [-0.25, -0.2) is 9.97 Å². The molecule has 0 radical (unpaired) electrons. The molecule has 0 spiro atoms. The normalized spacial score (nSPS) is 14.0. The Morgan fingerprint density at radius 1 is 0.769 bits per heavy atom. The zero-order valence-electron chi connectivity index (χ0n) is 14.3. The highest BCUT2D eigenvalue weighted by Gasteiger charge is 2.08. The maximum Gasteiger partial charge on any atom is 0.0791 e. The van der Waals surface area contributed by atoms with Gasteiger partial charge in [0.15, 0.2) is 0 Å². The molecule has 0 aliphatic carbocycles. The molecule has 0 fully saturated rings. The van der Waals surface area contributed by atoms with Crippen LogP contribution in [0, 0.1) is 3.57 Å². The number of nitrogens with zero attached hydrogens (tertiary/aromatic N) is 2. The Labute approximate surface area is 178 Å². The van der Waals surface area contributed by atoms with Crippen LogP contribution in [0.4, 0.5) is 0 Å². The number of nitrogens with one attached hydrogen (secondary N) is 2. The average Bonchev–Trinajstić information content (AvgIpc) is 3.38. The first-order chi connectivity index (χ1) is 13.0. The van der Waals surface area contributed by atoms with E-state index in [1.165, 1.54) is 0 Å². The van der Waals surface area contributed by atoms with Crippen LogP contribution in [0.1, 0.15) is 24.1 Å². The molecule has 0 saturated heterocycles. The SMILES string of the molecule is [2H]C1=C(I)c2cc3cc(I)c(cc4nc(cc5ccc(cc1n2)[nH]5)C=C4)[nH]3. The van der Waals surface area contributed by atoms with Gasteiger partial charge >= 0.3 is 0 Å². The van der Waals surface area contributed by atoms with Crippen molar-refractivity contribution in [3.8, 4) is 0 Å². The van der Waals surface area contributed by atoms with Crippen LogP contribution in [-0.4, -0.2) is 19.9 Å². The molecule has 126 valence electrons. The first-order valence-electron chi connectivity index (χ1n) is 8.48. The van der Waals surface area contributed by atoms with Gasteiger partial charge in [-0.3, -0.25) is 0 Å². The van der Waals surface area contributed by atoms with Gasteiger partial charge in [0.2, 0.25) is 0 Å². The lowest BCUT2D eigenvalue weighted by atomic mass is 10.3. The number of hydrogen-bond donors (Lipinski definition) is 2. The minimum absolute atomic E-state index is 0.446. The summed E-state index contributed by atoms with van der Waals surface area (Å²) < 4.78 is 10.3. The number of rotatable bonds is 0. The Morgan fingerprint density at radius 2 is 1.50 bits per heavy atom. The van der Waals surface area contributed by atoms with Crippen LogP contribution in [0.25, 0.3) is 43.9 Å². The van der Waals surface area contributed by atoms with Crippen LogP contribution >= 0.6 is 45.2 Å². The standard InChI is InChI=1S/C20H12I2N4/c21-17-7-15-6-13-2-1-11(23-13)5-12-3-4-14(24-12)9-19-18(22)8-16(26-19)10-20(17)25-15/h1-10,23,26H/i7D. The molecule has 5 heterocycles. The number of H-pyrrole nitrogens is 2. The number of fused-ring (bicyclic) bond motifs is 8. The molecule has 0 amide bonds. The molecule has 2 N–H and O–H groups in total. The Kier molecular flexibility index (Phi) is 3.70. The van der Waals surface area contributed by atoms with Gasteiger partial charge in [-0.05, 0) is 106 Å². The topological polar surface area (TPSA) is 57.4 Å². The van der Waals surface area contributed by atoms with E-state index in [0.717, 1.165) is 46.3 Å². The summed E-state index contributed by atoms with van der Waals surface area (Å²) in [5.41, 5.74) is 7.13. The lowest BCUT2D eigenvalue weighted by molar-refractivity contribution is 1.31. The molecule has 2 aliphatic rings. The minimum atomic E-state index is 0.446. The van der Waals surface area contributed by atoms with Gasteiger partial charge < -0.3 is 9.97 Å². The molecular formula is C20H12I2N4. The van der Waals surface area contributed by atoms with Crippen molar-refractivity contribution in [1.29, 1.82) is 0 Å². The molecule has 4 nitrogen and oxygen atoms in total. The highest BCUT2D eigenvalue weighted by Crippen LogP contribution is 2.28.